The molecule has 0 aliphatic carbocycles. The fraction of sp³-hybridized carbons (Fsp3) is 0. The zero-order chi connectivity index (χ0) is 13.8. The van der Waals surface area contributed by atoms with Gasteiger partial charge >= 0.3 is 0 Å². The van der Waals surface area contributed by atoms with Gasteiger partial charge in [0.05, 0.1) is 10.0 Å². The Bertz CT molecular complexity index is 632. The fourth-order valence-corrected chi connectivity index (χ4v) is 2.02. The fourth-order valence-electron chi connectivity index (χ4n) is 1.49. The minimum Gasteiger partial charge on any atom is -0.455 e. The number of nitrogens with two attached hydrogens (primary N) is 1. The van der Waals surface area contributed by atoms with E-state index in [0.29, 0.717) is 22.1 Å². The number of oxime groups is 1. The lowest BCUT2D eigenvalue weighted by Crippen LogP contribution is -2.14. The topological polar surface area (TPSA) is 67.8 Å². The van der Waals surface area contributed by atoms with Gasteiger partial charge in [0.2, 0.25) is 0 Å². The van der Waals surface area contributed by atoms with Crippen LogP contribution in [0.2, 0.25) is 5.02 Å². The number of hydrogen-bond donors (Lipinski definition) is 2. The van der Waals surface area contributed by atoms with Crippen LogP contribution in [-0.4, -0.2) is 11.0 Å². The predicted molar refractivity (Wildman–Crippen MR) is 78.2 cm³/mol. The summed E-state index contributed by atoms with van der Waals surface area (Å²) in [4.78, 5) is 0. The van der Waals surface area contributed by atoms with Crippen molar-refractivity contribution in [2.45, 2.75) is 0 Å². The number of nitrogens with zero attached hydrogens (tertiary/aromatic N) is 1. The predicted octanol–water partition coefficient (Wildman–Crippen LogP) is 3.99. The molecule has 0 saturated carbocycles. The van der Waals surface area contributed by atoms with Crippen LogP contribution in [0.4, 0.5) is 0 Å². The molecule has 6 heteroatoms. The first kappa shape index (κ1) is 13.7. The van der Waals surface area contributed by atoms with E-state index in [9.17, 15) is 0 Å². The molecule has 0 fully saturated rings. The molecule has 0 heterocycles. The molecule has 0 radical (unpaired) electrons. The van der Waals surface area contributed by atoms with Gasteiger partial charge in [0.25, 0.3) is 0 Å². The molecule has 0 unspecified atom stereocenters. The molecule has 4 nitrogen and oxygen atoms in total. The van der Waals surface area contributed by atoms with Crippen molar-refractivity contribution in [1.82, 2.24) is 0 Å². The number of hydrogen-bond acceptors (Lipinski definition) is 3. The Balaban J connectivity index is 2.44. The Morgan fingerprint density at radius 2 is 1.95 bits per heavy atom. The lowest BCUT2D eigenvalue weighted by Gasteiger charge is -2.11. The van der Waals surface area contributed by atoms with Gasteiger partial charge in [0.15, 0.2) is 5.84 Å². The highest BCUT2D eigenvalue weighted by atomic mass is 79.9. The lowest BCUT2D eigenvalue weighted by molar-refractivity contribution is 0.318. The van der Waals surface area contributed by atoms with Crippen LogP contribution in [0.15, 0.2) is 52.1 Å². The second kappa shape index (κ2) is 5.95. The molecule has 2 aromatic carbocycles. The molecule has 3 N–H and O–H groups in total. The summed E-state index contributed by atoms with van der Waals surface area (Å²) in [7, 11) is 0. The highest BCUT2D eigenvalue weighted by Gasteiger charge is 2.11. The molecule has 0 atom stereocenters. The van der Waals surface area contributed by atoms with Crippen LogP contribution in [0.5, 0.6) is 11.5 Å². The maximum Gasteiger partial charge on any atom is 0.173 e. The Morgan fingerprint density at radius 1 is 1.21 bits per heavy atom. The van der Waals surface area contributed by atoms with E-state index >= 15 is 0 Å². The summed E-state index contributed by atoms with van der Waals surface area (Å²) in [5.74, 6) is 0.977. The van der Waals surface area contributed by atoms with E-state index in [1.54, 1.807) is 24.3 Å². The maximum absolute atomic E-state index is 8.77. The quantitative estimate of drug-likeness (QED) is 0.384. The van der Waals surface area contributed by atoms with Crippen LogP contribution >= 0.6 is 27.5 Å². The number of benzene rings is 2. The van der Waals surface area contributed by atoms with Crippen LogP contribution in [0.3, 0.4) is 0 Å². The third-order valence-electron chi connectivity index (χ3n) is 2.38. The van der Waals surface area contributed by atoms with E-state index in [0.717, 1.165) is 4.47 Å². The second-order valence-corrected chi connectivity index (χ2v) is 4.95. The molecule has 0 aliphatic heterocycles. The highest BCUT2D eigenvalue weighted by Crippen LogP contribution is 2.32. The lowest BCUT2D eigenvalue weighted by atomic mass is 10.2. The minimum atomic E-state index is -0.0429. The van der Waals surface area contributed by atoms with Gasteiger partial charge in [0, 0.05) is 11.1 Å². The van der Waals surface area contributed by atoms with Gasteiger partial charge < -0.3 is 15.7 Å². The summed E-state index contributed by atoms with van der Waals surface area (Å²) in [6, 6.07) is 12.2. The summed E-state index contributed by atoms with van der Waals surface area (Å²) >= 11 is 9.32. The summed E-state index contributed by atoms with van der Waals surface area (Å²) in [6.07, 6.45) is 0. The Labute approximate surface area is 123 Å². The molecule has 98 valence electrons. The van der Waals surface area contributed by atoms with E-state index in [1.807, 2.05) is 18.2 Å². The van der Waals surface area contributed by atoms with Crippen LogP contribution < -0.4 is 10.5 Å². The normalized spacial score (nSPS) is 11.4. The average Bonchev–Trinajstić information content (AvgIpc) is 2.41. The van der Waals surface area contributed by atoms with Crippen molar-refractivity contribution >= 4 is 33.4 Å². The summed E-state index contributed by atoms with van der Waals surface area (Å²) in [6.45, 7) is 0. The van der Waals surface area contributed by atoms with E-state index in [2.05, 4.69) is 21.1 Å². The largest absolute Gasteiger partial charge is 0.455 e. The molecular weight excluding hydrogens is 332 g/mol. The Kier molecular flexibility index (Phi) is 4.29. The summed E-state index contributed by atoms with van der Waals surface area (Å²) in [5, 5.41) is 12.2. The average molecular weight is 342 g/mol. The molecule has 0 aliphatic rings. The summed E-state index contributed by atoms with van der Waals surface area (Å²) < 4.78 is 6.53. The number of amidine groups is 1. The van der Waals surface area contributed by atoms with Gasteiger partial charge in [-0.05, 0) is 40.2 Å². The van der Waals surface area contributed by atoms with E-state index in [4.69, 9.17) is 27.3 Å². The van der Waals surface area contributed by atoms with E-state index in [1.165, 1.54) is 0 Å². The van der Waals surface area contributed by atoms with Crippen molar-refractivity contribution in [2.24, 2.45) is 10.9 Å². The molecule has 0 saturated heterocycles. The molecule has 0 bridgehead atoms. The molecule has 0 spiro atoms. The van der Waals surface area contributed by atoms with E-state index < -0.39 is 0 Å². The first-order chi connectivity index (χ1) is 9.11. The van der Waals surface area contributed by atoms with Gasteiger partial charge in [-0.15, -0.1) is 0 Å². The number of para-hydroxylation sites is 1. The van der Waals surface area contributed by atoms with Gasteiger partial charge in [-0.1, -0.05) is 28.9 Å². The standard InChI is InChI=1S/C13H10BrClN2O2/c14-10-3-1-2-4-11(10)19-12-7-8(15)5-6-9(12)13(16)17-18/h1-7,18H,(H2,16,17). The van der Waals surface area contributed by atoms with Crippen molar-refractivity contribution < 1.29 is 9.94 Å². The zero-order valence-electron chi connectivity index (χ0n) is 9.68. The van der Waals surface area contributed by atoms with Crippen molar-refractivity contribution in [3.05, 3.63) is 57.5 Å². The van der Waals surface area contributed by atoms with Crippen LogP contribution in [0.25, 0.3) is 0 Å². The highest BCUT2D eigenvalue weighted by molar-refractivity contribution is 9.10. The molecule has 0 aromatic heterocycles. The van der Waals surface area contributed by atoms with Gasteiger partial charge in [0.1, 0.15) is 11.5 Å². The molecule has 2 rings (SSSR count). The van der Waals surface area contributed by atoms with Gasteiger partial charge in [-0.25, -0.2) is 0 Å². The second-order valence-electron chi connectivity index (χ2n) is 3.66. The van der Waals surface area contributed by atoms with Crippen LogP contribution in [-0.2, 0) is 0 Å². The summed E-state index contributed by atoms with van der Waals surface area (Å²) in [5.41, 5.74) is 6.06. The van der Waals surface area contributed by atoms with Crippen LogP contribution in [0, 0.1) is 0 Å². The number of halogens is 2. The SMILES string of the molecule is NC(=NO)c1ccc(Cl)cc1Oc1ccccc1Br. The monoisotopic (exact) mass is 340 g/mol. The third kappa shape index (κ3) is 3.19. The van der Waals surface area contributed by atoms with Crippen molar-refractivity contribution in [2.75, 3.05) is 0 Å². The van der Waals surface area contributed by atoms with Crippen LogP contribution in [0.1, 0.15) is 5.56 Å². The van der Waals surface area contributed by atoms with E-state index in [-0.39, 0.29) is 5.84 Å². The van der Waals surface area contributed by atoms with Crippen molar-refractivity contribution in [3.63, 3.8) is 0 Å². The smallest absolute Gasteiger partial charge is 0.173 e. The third-order valence-corrected chi connectivity index (χ3v) is 3.27. The number of ether oxygens (including phenoxy) is 1. The van der Waals surface area contributed by atoms with Crippen molar-refractivity contribution in [3.8, 4) is 11.5 Å². The number of rotatable bonds is 3. The Morgan fingerprint density at radius 3 is 2.63 bits per heavy atom. The zero-order valence-corrected chi connectivity index (χ0v) is 12.0. The minimum absolute atomic E-state index is 0.0429. The Hall–Kier alpha value is -1.72. The molecule has 0 amide bonds. The maximum atomic E-state index is 8.77. The molecule has 2 aromatic rings. The van der Waals surface area contributed by atoms with Gasteiger partial charge in [-0.2, -0.15) is 0 Å². The first-order valence-corrected chi connectivity index (χ1v) is 6.48. The molecular formula is C13H10BrClN2O2. The molecule has 19 heavy (non-hydrogen) atoms. The van der Waals surface area contributed by atoms with Gasteiger partial charge in [-0.3, -0.25) is 0 Å². The van der Waals surface area contributed by atoms with Crippen molar-refractivity contribution in [1.29, 1.82) is 0 Å². The first-order valence-electron chi connectivity index (χ1n) is 5.31.